The van der Waals surface area contributed by atoms with Crippen molar-refractivity contribution in [1.29, 1.82) is 0 Å². The fourth-order valence-electron chi connectivity index (χ4n) is 2.18. The Morgan fingerprint density at radius 2 is 1.39 bits per heavy atom. The second kappa shape index (κ2) is 9.94. The van der Waals surface area contributed by atoms with E-state index in [-0.39, 0.29) is 0 Å². The topological polar surface area (TPSA) is 0 Å². The van der Waals surface area contributed by atoms with Crippen molar-refractivity contribution in [2.45, 2.75) is 66.7 Å². The first-order valence-corrected chi connectivity index (χ1v) is 7.34. The highest BCUT2D eigenvalue weighted by molar-refractivity contribution is 5.64. The molecule has 0 heterocycles. The predicted molar refractivity (Wildman–Crippen MR) is 85.1 cm³/mol. The molecule has 1 aromatic carbocycles. The van der Waals surface area contributed by atoms with Gasteiger partial charge in [0.2, 0.25) is 0 Å². The average Bonchev–Trinajstić information content (AvgIpc) is 2.89. The molecule has 18 heavy (non-hydrogen) atoms. The Balaban J connectivity index is 0.000000343. The summed E-state index contributed by atoms with van der Waals surface area (Å²) in [4.78, 5) is 0. The SMILES string of the molecule is C1CCCC1.C=C(C)c1ccc(C)cc1C.CC. The Hall–Kier alpha value is -1.04. The van der Waals surface area contributed by atoms with Crippen LogP contribution in [0.25, 0.3) is 5.57 Å². The molecular weight excluding hydrogens is 216 g/mol. The van der Waals surface area contributed by atoms with E-state index in [0.717, 1.165) is 5.57 Å². The molecule has 0 bridgehead atoms. The second-order valence-electron chi connectivity index (χ2n) is 4.87. The van der Waals surface area contributed by atoms with E-state index >= 15 is 0 Å². The molecule has 0 radical (unpaired) electrons. The first kappa shape index (κ1) is 17.0. The van der Waals surface area contributed by atoms with Crippen LogP contribution >= 0.6 is 0 Å². The number of rotatable bonds is 1. The Kier molecular flexibility index (Phi) is 9.36. The maximum atomic E-state index is 3.92. The Bertz CT molecular complexity index is 335. The van der Waals surface area contributed by atoms with Crippen LogP contribution in [0.5, 0.6) is 0 Å². The zero-order valence-electron chi connectivity index (χ0n) is 13.0. The van der Waals surface area contributed by atoms with E-state index in [4.69, 9.17) is 0 Å². The molecule has 0 aromatic heterocycles. The van der Waals surface area contributed by atoms with Gasteiger partial charge >= 0.3 is 0 Å². The van der Waals surface area contributed by atoms with Crippen LogP contribution in [0, 0.1) is 13.8 Å². The molecule has 1 aliphatic rings. The number of hydrogen-bond donors (Lipinski definition) is 0. The lowest BCUT2D eigenvalue weighted by Crippen LogP contribution is -1.84. The molecule has 2 rings (SSSR count). The molecule has 1 aromatic rings. The molecule has 0 amide bonds. The highest BCUT2D eigenvalue weighted by Crippen LogP contribution is 2.17. The fraction of sp³-hybridized carbons (Fsp3) is 0.556. The van der Waals surface area contributed by atoms with Crippen LogP contribution in [0.1, 0.15) is 69.6 Å². The summed E-state index contributed by atoms with van der Waals surface area (Å²) in [7, 11) is 0. The summed E-state index contributed by atoms with van der Waals surface area (Å²) in [5.41, 5.74) is 5.04. The van der Waals surface area contributed by atoms with Gasteiger partial charge < -0.3 is 0 Å². The Labute approximate surface area is 114 Å². The van der Waals surface area contributed by atoms with Gasteiger partial charge in [0.15, 0.2) is 0 Å². The van der Waals surface area contributed by atoms with E-state index in [1.807, 2.05) is 20.8 Å². The molecule has 1 saturated carbocycles. The van der Waals surface area contributed by atoms with Crippen LogP contribution in [0.4, 0.5) is 0 Å². The van der Waals surface area contributed by atoms with E-state index < -0.39 is 0 Å². The van der Waals surface area contributed by atoms with Gasteiger partial charge in [0.25, 0.3) is 0 Å². The van der Waals surface area contributed by atoms with Gasteiger partial charge in [-0.2, -0.15) is 0 Å². The van der Waals surface area contributed by atoms with Crippen molar-refractivity contribution in [1.82, 2.24) is 0 Å². The van der Waals surface area contributed by atoms with Crippen molar-refractivity contribution in [3.63, 3.8) is 0 Å². The predicted octanol–water partition coefficient (Wildman–Crippen LogP) is 6.31. The lowest BCUT2D eigenvalue weighted by molar-refractivity contribution is 0.886. The van der Waals surface area contributed by atoms with Gasteiger partial charge in [0.1, 0.15) is 0 Å². The third-order valence-electron chi connectivity index (χ3n) is 3.09. The van der Waals surface area contributed by atoms with Crippen molar-refractivity contribution in [3.8, 4) is 0 Å². The van der Waals surface area contributed by atoms with Crippen molar-refractivity contribution in [2.24, 2.45) is 0 Å². The Morgan fingerprint density at radius 1 is 0.944 bits per heavy atom. The maximum absolute atomic E-state index is 3.92. The summed E-state index contributed by atoms with van der Waals surface area (Å²) in [6, 6.07) is 6.44. The monoisotopic (exact) mass is 246 g/mol. The molecule has 0 heteroatoms. The lowest BCUT2D eigenvalue weighted by atomic mass is 10.0. The normalized spacial score (nSPS) is 12.9. The molecule has 1 fully saturated rings. The van der Waals surface area contributed by atoms with E-state index in [0.29, 0.717) is 0 Å². The van der Waals surface area contributed by atoms with Crippen LogP contribution in [0.15, 0.2) is 24.8 Å². The quantitative estimate of drug-likeness (QED) is 0.544. The van der Waals surface area contributed by atoms with E-state index in [9.17, 15) is 0 Å². The lowest BCUT2D eigenvalue weighted by Gasteiger charge is -2.04. The molecule has 0 atom stereocenters. The summed E-state index contributed by atoms with van der Waals surface area (Å²) in [5, 5.41) is 0. The maximum Gasteiger partial charge on any atom is -0.0204 e. The third kappa shape index (κ3) is 6.64. The summed E-state index contributed by atoms with van der Waals surface area (Å²) < 4.78 is 0. The molecule has 0 nitrogen and oxygen atoms in total. The zero-order chi connectivity index (χ0) is 14.0. The van der Waals surface area contributed by atoms with Crippen molar-refractivity contribution >= 4 is 5.57 Å². The van der Waals surface area contributed by atoms with Gasteiger partial charge in [-0.05, 0) is 31.9 Å². The molecule has 0 unspecified atom stereocenters. The van der Waals surface area contributed by atoms with Crippen LogP contribution < -0.4 is 0 Å². The fourth-order valence-corrected chi connectivity index (χ4v) is 2.18. The largest absolute Gasteiger partial charge is 0.0955 e. The van der Waals surface area contributed by atoms with Crippen molar-refractivity contribution in [2.75, 3.05) is 0 Å². The van der Waals surface area contributed by atoms with E-state index in [1.54, 1.807) is 0 Å². The van der Waals surface area contributed by atoms with Crippen LogP contribution in [-0.2, 0) is 0 Å². The molecule has 102 valence electrons. The van der Waals surface area contributed by atoms with Crippen LogP contribution in [-0.4, -0.2) is 0 Å². The number of benzene rings is 1. The number of hydrogen-bond acceptors (Lipinski definition) is 0. The van der Waals surface area contributed by atoms with Crippen LogP contribution in [0.2, 0.25) is 0 Å². The smallest absolute Gasteiger partial charge is 0.0204 e. The third-order valence-corrected chi connectivity index (χ3v) is 3.09. The minimum atomic E-state index is 1.14. The van der Waals surface area contributed by atoms with Gasteiger partial charge in [0.05, 0.1) is 0 Å². The minimum Gasteiger partial charge on any atom is -0.0955 e. The highest BCUT2D eigenvalue weighted by Gasteiger charge is 1.97. The molecule has 0 aliphatic heterocycles. The summed E-state index contributed by atoms with van der Waals surface area (Å²) >= 11 is 0. The second-order valence-corrected chi connectivity index (χ2v) is 4.87. The van der Waals surface area contributed by atoms with Crippen molar-refractivity contribution in [3.05, 3.63) is 41.5 Å². The van der Waals surface area contributed by atoms with Gasteiger partial charge in [0, 0.05) is 0 Å². The molecule has 0 N–H and O–H groups in total. The summed E-state index contributed by atoms with van der Waals surface area (Å²) in [5.74, 6) is 0. The molecular formula is C18H30. The number of aryl methyl sites for hydroxylation is 2. The zero-order valence-corrected chi connectivity index (χ0v) is 13.0. The summed E-state index contributed by atoms with van der Waals surface area (Å²) in [6.45, 7) is 14.2. The first-order chi connectivity index (χ1) is 8.61. The number of allylic oxidation sites excluding steroid dienone is 1. The minimum absolute atomic E-state index is 1.14. The molecule has 0 spiro atoms. The summed E-state index contributed by atoms with van der Waals surface area (Å²) in [6.07, 6.45) is 7.50. The first-order valence-electron chi connectivity index (χ1n) is 7.34. The van der Waals surface area contributed by atoms with E-state index in [2.05, 4.69) is 38.6 Å². The van der Waals surface area contributed by atoms with Crippen molar-refractivity contribution < 1.29 is 0 Å². The van der Waals surface area contributed by atoms with Gasteiger partial charge in [-0.3, -0.25) is 0 Å². The average molecular weight is 246 g/mol. The van der Waals surface area contributed by atoms with E-state index in [1.165, 1.54) is 48.8 Å². The standard InChI is InChI=1S/C11H14.C5H10.C2H6/c1-8(2)11-6-5-9(3)7-10(11)4;1-2-4-5-3-1;1-2/h5-7H,1H2,2-4H3;1-5H2;1-2H3. The molecule has 1 aliphatic carbocycles. The molecule has 0 saturated heterocycles. The highest BCUT2D eigenvalue weighted by atomic mass is 14.0. The van der Waals surface area contributed by atoms with Gasteiger partial charge in [-0.1, -0.05) is 81.9 Å². The van der Waals surface area contributed by atoms with Gasteiger partial charge in [-0.25, -0.2) is 0 Å². The Morgan fingerprint density at radius 3 is 1.72 bits per heavy atom. The van der Waals surface area contributed by atoms with Crippen LogP contribution in [0.3, 0.4) is 0 Å². The van der Waals surface area contributed by atoms with Gasteiger partial charge in [-0.15, -0.1) is 0 Å².